The van der Waals surface area contributed by atoms with Crippen LogP contribution in [0, 0.1) is 0 Å². The van der Waals surface area contributed by atoms with Gasteiger partial charge in [0.15, 0.2) is 5.13 Å². The first kappa shape index (κ1) is 13.6. The highest BCUT2D eigenvalue weighted by molar-refractivity contribution is 7.22. The summed E-state index contributed by atoms with van der Waals surface area (Å²) in [5, 5.41) is 13.6. The van der Waals surface area contributed by atoms with Gasteiger partial charge in [-0.3, -0.25) is 0 Å². The summed E-state index contributed by atoms with van der Waals surface area (Å²) in [7, 11) is 0. The van der Waals surface area contributed by atoms with Crippen LogP contribution in [0.15, 0.2) is 12.1 Å². The summed E-state index contributed by atoms with van der Waals surface area (Å²) in [5.41, 5.74) is 0.795. The van der Waals surface area contributed by atoms with E-state index >= 15 is 0 Å². The van der Waals surface area contributed by atoms with Crippen molar-refractivity contribution < 1.29 is 9.90 Å². The van der Waals surface area contributed by atoms with Crippen LogP contribution in [0.5, 0.6) is 0 Å². The summed E-state index contributed by atoms with van der Waals surface area (Å²) in [6.45, 7) is 0. The molecular formula is C14H15ClN2O2S. The Morgan fingerprint density at radius 2 is 2.10 bits per heavy atom. The molecule has 106 valence electrons. The second-order valence-corrected chi connectivity index (χ2v) is 6.54. The Bertz CT molecular complexity index is 650. The molecule has 0 radical (unpaired) electrons. The van der Waals surface area contributed by atoms with E-state index < -0.39 is 5.97 Å². The number of fused-ring (bicyclic) bond motifs is 1. The lowest BCUT2D eigenvalue weighted by molar-refractivity contribution is 0.0697. The minimum absolute atomic E-state index is 0.105. The first-order chi connectivity index (χ1) is 9.63. The predicted octanol–water partition coefficient (Wildman–Crippen LogP) is 4.39. The Kier molecular flexibility index (Phi) is 3.81. The molecule has 1 heterocycles. The summed E-state index contributed by atoms with van der Waals surface area (Å²) in [5.74, 6) is -1.02. The fourth-order valence-electron chi connectivity index (χ4n) is 2.60. The third kappa shape index (κ3) is 2.74. The fraction of sp³-hybridized carbons (Fsp3) is 0.429. The number of hydrogen-bond donors (Lipinski definition) is 2. The number of hydrogen-bond acceptors (Lipinski definition) is 4. The molecule has 2 N–H and O–H groups in total. The van der Waals surface area contributed by atoms with Crippen molar-refractivity contribution in [2.24, 2.45) is 0 Å². The molecule has 0 unspecified atom stereocenters. The SMILES string of the molecule is O=C(O)c1cc2nc(NC3CCCCC3)sc2cc1Cl. The van der Waals surface area contributed by atoms with Gasteiger partial charge in [-0.05, 0) is 25.0 Å². The van der Waals surface area contributed by atoms with E-state index in [1.807, 2.05) is 0 Å². The first-order valence-electron chi connectivity index (χ1n) is 6.73. The average Bonchev–Trinajstić information content (AvgIpc) is 2.79. The van der Waals surface area contributed by atoms with E-state index in [1.54, 1.807) is 12.1 Å². The maximum Gasteiger partial charge on any atom is 0.337 e. The monoisotopic (exact) mass is 310 g/mol. The molecule has 1 aliphatic carbocycles. The van der Waals surface area contributed by atoms with Crippen molar-refractivity contribution >= 4 is 44.3 Å². The Morgan fingerprint density at radius 3 is 2.80 bits per heavy atom. The van der Waals surface area contributed by atoms with Gasteiger partial charge in [0, 0.05) is 6.04 Å². The van der Waals surface area contributed by atoms with Crippen molar-refractivity contribution in [2.75, 3.05) is 5.32 Å². The Hall–Kier alpha value is -1.33. The topological polar surface area (TPSA) is 62.2 Å². The molecule has 0 spiro atoms. The lowest BCUT2D eigenvalue weighted by Crippen LogP contribution is -2.21. The largest absolute Gasteiger partial charge is 0.478 e. The molecule has 1 fully saturated rings. The predicted molar refractivity (Wildman–Crippen MR) is 82.1 cm³/mol. The highest BCUT2D eigenvalue weighted by atomic mass is 35.5. The minimum Gasteiger partial charge on any atom is -0.478 e. The number of halogens is 1. The second kappa shape index (κ2) is 5.58. The molecule has 3 rings (SSSR count). The Balaban J connectivity index is 1.88. The number of aromatic nitrogens is 1. The molecule has 0 atom stereocenters. The zero-order valence-corrected chi connectivity index (χ0v) is 12.4. The first-order valence-corrected chi connectivity index (χ1v) is 7.93. The third-order valence-corrected chi connectivity index (χ3v) is 4.90. The van der Waals surface area contributed by atoms with Gasteiger partial charge in [-0.2, -0.15) is 0 Å². The standard InChI is InChI=1S/C14H15ClN2O2S/c15-10-7-12-11(6-9(10)13(18)19)17-14(20-12)16-8-4-2-1-3-5-8/h6-8H,1-5H2,(H,16,17)(H,18,19). The molecule has 0 amide bonds. The van der Waals surface area contributed by atoms with Crippen LogP contribution in [-0.2, 0) is 0 Å². The zero-order valence-electron chi connectivity index (χ0n) is 10.9. The van der Waals surface area contributed by atoms with Gasteiger partial charge in [-0.15, -0.1) is 0 Å². The second-order valence-electron chi connectivity index (χ2n) is 5.10. The molecule has 0 saturated heterocycles. The lowest BCUT2D eigenvalue weighted by atomic mass is 9.96. The molecule has 1 saturated carbocycles. The number of thiazole rings is 1. The van der Waals surface area contributed by atoms with Crippen LogP contribution in [0.1, 0.15) is 42.5 Å². The van der Waals surface area contributed by atoms with Crippen LogP contribution in [0.3, 0.4) is 0 Å². The molecule has 2 aromatic rings. The van der Waals surface area contributed by atoms with E-state index in [4.69, 9.17) is 16.7 Å². The number of rotatable bonds is 3. The number of nitrogens with zero attached hydrogens (tertiary/aromatic N) is 1. The van der Waals surface area contributed by atoms with E-state index in [1.165, 1.54) is 43.4 Å². The molecule has 0 aliphatic heterocycles. The van der Waals surface area contributed by atoms with Crippen molar-refractivity contribution in [3.05, 3.63) is 22.7 Å². The van der Waals surface area contributed by atoms with Crippen LogP contribution in [0.4, 0.5) is 5.13 Å². The van der Waals surface area contributed by atoms with Crippen molar-refractivity contribution in [1.29, 1.82) is 0 Å². The van der Waals surface area contributed by atoms with E-state index in [0.717, 1.165) is 9.83 Å². The van der Waals surface area contributed by atoms with E-state index in [0.29, 0.717) is 11.6 Å². The quantitative estimate of drug-likeness (QED) is 0.882. The van der Waals surface area contributed by atoms with Gasteiger partial charge in [0.1, 0.15) is 0 Å². The Labute approximate surface area is 125 Å². The number of anilines is 1. The van der Waals surface area contributed by atoms with Crippen molar-refractivity contribution in [3.8, 4) is 0 Å². The molecule has 1 aromatic heterocycles. The van der Waals surface area contributed by atoms with Crippen LogP contribution < -0.4 is 5.32 Å². The van der Waals surface area contributed by atoms with E-state index in [-0.39, 0.29) is 10.6 Å². The molecule has 1 aliphatic rings. The molecule has 0 bridgehead atoms. The molecule has 4 nitrogen and oxygen atoms in total. The van der Waals surface area contributed by atoms with Gasteiger partial charge in [-0.25, -0.2) is 9.78 Å². The summed E-state index contributed by atoms with van der Waals surface area (Å²) in [4.78, 5) is 15.5. The number of carboxylic acids is 1. The summed E-state index contributed by atoms with van der Waals surface area (Å²) >= 11 is 7.50. The minimum atomic E-state index is -1.02. The molecule has 1 aromatic carbocycles. The summed E-state index contributed by atoms with van der Waals surface area (Å²) < 4.78 is 0.915. The molecular weight excluding hydrogens is 296 g/mol. The number of carbonyl (C=O) groups is 1. The van der Waals surface area contributed by atoms with Crippen LogP contribution in [0.25, 0.3) is 10.2 Å². The summed E-state index contributed by atoms with van der Waals surface area (Å²) in [6.07, 6.45) is 6.19. The van der Waals surface area contributed by atoms with Crippen LogP contribution in [-0.4, -0.2) is 22.1 Å². The number of carboxylic acid groups (broad SMARTS) is 1. The van der Waals surface area contributed by atoms with Crippen molar-refractivity contribution in [2.45, 2.75) is 38.1 Å². The van der Waals surface area contributed by atoms with Gasteiger partial charge in [0.2, 0.25) is 0 Å². The van der Waals surface area contributed by atoms with Crippen molar-refractivity contribution in [3.63, 3.8) is 0 Å². The highest BCUT2D eigenvalue weighted by Gasteiger charge is 2.16. The lowest BCUT2D eigenvalue weighted by Gasteiger charge is -2.22. The van der Waals surface area contributed by atoms with Crippen LogP contribution in [0.2, 0.25) is 5.02 Å². The van der Waals surface area contributed by atoms with E-state index in [9.17, 15) is 4.79 Å². The van der Waals surface area contributed by atoms with E-state index in [2.05, 4.69) is 10.3 Å². The van der Waals surface area contributed by atoms with Gasteiger partial charge in [0.05, 0.1) is 20.8 Å². The Morgan fingerprint density at radius 1 is 1.35 bits per heavy atom. The molecule has 20 heavy (non-hydrogen) atoms. The van der Waals surface area contributed by atoms with Gasteiger partial charge >= 0.3 is 5.97 Å². The fourth-order valence-corrected chi connectivity index (χ4v) is 3.87. The third-order valence-electron chi connectivity index (χ3n) is 3.64. The van der Waals surface area contributed by atoms with Gasteiger partial charge in [-0.1, -0.05) is 42.2 Å². The zero-order chi connectivity index (χ0) is 14.1. The maximum absolute atomic E-state index is 11.1. The average molecular weight is 311 g/mol. The van der Waals surface area contributed by atoms with Crippen LogP contribution >= 0.6 is 22.9 Å². The molecule has 6 heteroatoms. The smallest absolute Gasteiger partial charge is 0.337 e. The highest BCUT2D eigenvalue weighted by Crippen LogP contribution is 2.32. The number of nitrogens with one attached hydrogen (secondary N) is 1. The van der Waals surface area contributed by atoms with Gasteiger partial charge < -0.3 is 10.4 Å². The number of aromatic carboxylic acids is 1. The van der Waals surface area contributed by atoms with Crippen molar-refractivity contribution in [1.82, 2.24) is 4.98 Å². The maximum atomic E-state index is 11.1. The normalized spacial score (nSPS) is 16.4. The van der Waals surface area contributed by atoms with Gasteiger partial charge in [0.25, 0.3) is 0 Å². The summed E-state index contributed by atoms with van der Waals surface area (Å²) in [6, 6.07) is 3.71. The number of benzene rings is 1.